The highest BCUT2D eigenvalue weighted by Crippen LogP contribution is 1.91. The van der Waals surface area contributed by atoms with Crippen molar-refractivity contribution in [3.8, 4) is 0 Å². The fraction of sp³-hybridized carbons (Fsp3) is 0.800. The van der Waals surface area contributed by atoms with Gasteiger partial charge in [-0.15, -0.1) is 24.8 Å². The first-order valence-corrected chi connectivity index (χ1v) is 5.73. The van der Waals surface area contributed by atoms with Gasteiger partial charge in [0.1, 0.15) is 12.1 Å². The summed E-state index contributed by atoms with van der Waals surface area (Å²) >= 11 is 0. The topological polar surface area (TPSA) is 179 Å². The number of nitrogens with two attached hydrogens (primary N) is 4. The van der Waals surface area contributed by atoms with Crippen LogP contribution < -0.4 is 22.9 Å². The van der Waals surface area contributed by atoms with Gasteiger partial charge in [0, 0.05) is 0 Å². The number of rotatable bonds is 8. The van der Waals surface area contributed by atoms with Crippen LogP contribution in [0.1, 0.15) is 25.7 Å². The lowest BCUT2D eigenvalue weighted by atomic mass is 10.2. The number of carbonyl (C=O) groups is 2. The van der Waals surface area contributed by atoms with Gasteiger partial charge in [0.25, 0.3) is 0 Å². The van der Waals surface area contributed by atoms with Gasteiger partial charge in [-0.2, -0.15) is 0 Å². The van der Waals surface area contributed by atoms with Gasteiger partial charge in [-0.05, 0) is 38.8 Å². The molecule has 8 nitrogen and oxygen atoms in total. The Kier molecular flexibility index (Phi) is 25.4. The van der Waals surface area contributed by atoms with Crippen LogP contribution in [0.5, 0.6) is 0 Å². The molecule has 0 bridgehead atoms. The van der Waals surface area contributed by atoms with E-state index in [2.05, 4.69) is 0 Å². The minimum absolute atomic E-state index is 0. The van der Waals surface area contributed by atoms with Crippen LogP contribution in [0, 0.1) is 0 Å². The van der Waals surface area contributed by atoms with Crippen LogP contribution in [0.2, 0.25) is 0 Å². The summed E-state index contributed by atoms with van der Waals surface area (Å²) in [7, 11) is 0. The normalized spacial score (nSPS) is 11.8. The van der Waals surface area contributed by atoms with Crippen LogP contribution in [0.25, 0.3) is 0 Å². The first kappa shape index (κ1) is 27.7. The Morgan fingerprint density at radius 1 is 0.800 bits per heavy atom. The van der Waals surface area contributed by atoms with Crippen molar-refractivity contribution in [3.05, 3.63) is 0 Å². The largest absolute Gasteiger partial charge is 0.480 e. The third kappa shape index (κ3) is 19.7. The molecule has 2 atom stereocenters. The van der Waals surface area contributed by atoms with Gasteiger partial charge in [0.15, 0.2) is 0 Å². The summed E-state index contributed by atoms with van der Waals surface area (Å²) in [5, 5.41) is 16.5. The van der Waals surface area contributed by atoms with E-state index in [0.29, 0.717) is 38.8 Å². The molecule has 0 aromatic rings. The molecule has 0 aliphatic heterocycles. The van der Waals surface area contributed by atoms with Gasteiger partial charge in [0.05, 0.1) is 0 Å². The molecule has 0 rings (SSSR count). The van der Waals surface area contributed by atoms with Gasteiger partial charge in [0.2, 0.25) is 0 Å². The summed E-state index contributed by atoms with van der Waals surface area (Å²) in [6.07, 6.45) is 2.28. The molecule has 2 unspecified atom stereocenters. The third-order valence-corrected chi connectivity index (χ3v) is 2.07. The third-order valence-electron chi connectivity index (χ3n) is 2.07. The Balaban J connectivity index is -0.000000116. The lowest BCUT2D eigenvalue weighted by Crippen LogP contribution is -2.30. The van der Waals surface area contributed by atoms with Crippen LogP contribution in [0.3, 0.4) is 0 Å². The minimum atomic E-state index is -0.955. The van der Waals surface area contributed by atoms with Crippen LogP contribution in [0.4, 0.5) is 0 Å². The molecule has 20 heavy (non-hydrogen) atoms. The summed E-state index contributed by atoms with van der Waals surface area (Å²) in [5.41, 5.74) is 20.6. The zero-order valence-electron chi connectivity index (χ0n) is 11.2. The summed E-state index contributed by atoms with van der Waals surface area (Å²) in [5.74, 6) is -1.91. The maximum absolute atomic E-state index is 10.0. The number of halogens is 2. The molecular formula is C10H26Cl2N4O4. The van der Waals surface area contributed by atoms with E-state index in [1.54, 1.807) is 0 Å². The highest BCUT2D eigenvalue weighted by atomic mass is 35.5. The Bertz CT molecular complexity index is 223. The molecule has 0 amide bonds. The summed E-state index contributed by atoms with van der Waals surface area (Å²) < 4.78 is 0. The first-order valence-electron chi connectivity index (χ1n) is 5.73. The van der Waals surface area contributed by atoms with E-state index >= 15 is 0 Å². The zero-order chi connectivity index (χ0) is 14.6. The lowest BCUT2D eigenvalue weighted by molar-refractivity contribution is -0.139. The van der Waals surface area contributed by atoms with Crippen LogP contribution >= 0.6 is 24.8 Å². The Labute approximate surface area is 131 Å². The standard InChI is InChI=1S/2C5H12N2O2.2ClH/c2*6-3-1-2-4(7)5(8)9;;/h2*4H,1-3,6-7H2,(H,8,9);2*1H. The molecule has 124 valence electrons. The van der Waals surface area contributed by atoms with E-state index in [4.69, 9.17) is 33.1 Å². The smallest absolute Gasteiger partial charge is 0.320 e. The Hall–Kier alpha value is -0.640. The molecule has 0 fully saturated rings. The van der Waals surface area contributed by atoms with Crippen LogP contribution in [-0.4, -0.2) is 47.3 Å². The highest BCUT2D eigenvalue weighted by Gasteiger charge is 2.09. The molecule has 0 saturated heterocycles. The molecule has 10 heteroatoms. The molecule has 0 heterocycles. The monoisotopic (exact) mass is 336 g/mol. The van der Waals surface area contributed by atoms with Crippen molar-refractivity contribution in [3.63, 3.8) is 0 Å². The van der Waals surface area contributed by atoms with E-state index in [9.17, 15) is 9.59 Å². The maximum atomic E-state index is 10.0. The number of hydrogen-bond acceptors (Lipinski definition) is 6. The summed E-state index contributed by atoms with van der Waals surface area (Å²) in [6, 6.07) is -1.48. The molecule has 0 spiro atoms. The van der Waals surface area contributed by atoms with Gasteiger partial charge >= 0.3 is 11.9 Å². The number of carboxylic acid groups (broad SMARTS) is 2. The van der Waals surface area contributed by atoms with Crippen LogP contribution in [-0.2, 0) is 9.59 Å². The van der Waals surface area contributed by atoms with E-state index in [0.717, 1.165) is 0 Å². The molecule has 0 aliphatic rings. The van der Waals surface area contributed by atoms with Gasteiger partial charge in [-0.1, -0.05) is 0 Å². The number of hydrogen-bond donors (Lipinski definition) is 6. The second kappa shape index (κ2) is 18.4. The van der Waals surface area contributed by atoms with Gasteiger partial charge in [-0.25, -0.2) is 0 Å². The van der Waals surface area contributed by atoms with E-state index < -0.39 is 24.0 Å². The molecule has 0 aliphatic carbocycles. The molecule has 0 aromatic carbocycles. The van der Waals surface area contributed by atoms with Crippen molar-refractivity contribution in [1.82, 2.24) is 0 Å². The average Bonchev–Trinajstić information content (AvgIpc) is 2.33. The molecule has 10 N–H and O–H groups in total. The van der Waals surface area contributed by atoms with Crippen molar-refractivity contribution in [2.75, 3.05) is 13.1 Å². The average molecular weight is 337 g/mol. The van der Waals surface area contributed by atoms with Gasteiger partial charge in [-0.3, -0.25) is 9.59 Å². The predicted molar refractivity (Wildman–Crippen MR) is 82.3 cm³/mol. The van der Waals surface area contributed by atoms with Crippen molar-refractivity contribution >= 4 is 36.8 Å². The second-order valence-electron chi connectivity index (χ2n) is 3.75. The van der Waals surface area contributed by atoms with Crippen molar-refractivity contribution in [2.45, 2.75) is 37.8 Å². The predicted octanol–water partition coefficient (Wildman–Crippen LogP) is -0.882. The summed E-state index contributed by atoms with van der Waals surface area (Å²) in [4.78, 5) is 20.1. The second-order valence-corrected chi connectivity index (χ2v) is 3.75. The molecule has 0 saturated carbocycles. The van der Waals surface area contributed by atoms with E-state index in [-0.39, 0.29) is 24.8 Å². The van der Waals surface area contributed by atoms with E-state index in [1.165, 1.54) is 0 Å². The van der Waals surface area contributed by atoms with Crippen molar-refractivity contribution < 1.29 is 19.8 Å². The fourth-order valence-corrected chi connectivity index (χ4v) is 0.922. The number of aliphatic carboxylic acids is 2. The molecule has 0 radical (unpaired) electrons. The number of carboxylic acids is 2. The van der Waals surface area contributed by atoms with Crippen molar-refractivity contribution in [2.24, 2.45) is 22.9 Å². The van der Waals surface area contributed by atoms with Crippen molar-refractivity contribution in [1.29, 1.82) is 0 Å². The summed E-state index contributed by atoms with van der Waals surface area (Å²) in [6.45, 7) is 1.00. The highest BCUT2D eigenvalue weighted by molar-refractivity contribution is 5.85. The Morgan fingerprint density at radius 2 is 1.05 bits per heavy atom. The SMILES string of the molecule is Cl.Cl.NCCCC(N)C(=O)O.NCCCC(N)C(=O)O. The molecular weight excluding hydrogens is 311 g/mol. The van der Waals surface area contributed by atoms with Crippen LogP contribution in [0.15, 0.2) is 0 Å². The van der Waals surface area contributed by atoms with E-state index in [1.807, 2.05) is 0 Å². The quantitative estimate of drug-likeness (QED) is 0.330. The Morgan fingerprint density at radius 3 is 1.20 bits per heavy atom. The molecule has 0 aromatic heterocycles. The van der Waals surface area contributed by atoms with Gasteiger partial charge < -0.3 is 33.1 Å². The maximum Gasteiger partial charge on any atom is 0.320 e. The first-order chi connectivity index (χ1) is 8.36. The minimum Gasteiger partial charge on any atom is -0.480 e. The zero-order valence-corrected chi connectivity index (χ0v) is 12.9. The lowest BCUT2D eigenvalue weighted by Gasteiger charge is -2.02. The fourth-order valence-electron chi connectivity index (χ4n) is 0.922.